The third-order valence-corrected chi connectivity index (χ3v) is 5.14. The summed E-state index contributed by atoms with van der Waals surface area (Å²) in [5.41, 5.74) is -0.226. The minimum absolute atomic E-state index is 0.226. The third-order valence-electron chi connectivity index (χ3n) is 5.14. The molecule has 0 amide bonds. The van der Waals surface area contributed by atoms with Gasteiger partial charge in [0.15, 0.2) is 5.79 Å². The Balaban J connectivity index is 2.21. The minimum Gasteiger partial charge on any atom is -0.378 e. The summed E-state index contributed by atoms with van der Waals surface area (Å²) in [5.74, 6) is -0.467. The van der Waals surface area contributed by atoms with E-state index in [-0.39, 0.29) is 5.60 Å². The average molecular weight is 357 g/mol. The second-order valence-corrected chi connectivity index (χ2v) is 8.31. The van der Waals surface area contributed by atoms with Crippen LogP contribution in [0.2, 0.25) is 0 Å². The van der Waals surface area contributed by atoms with Gasteiger partial charge in [-0.15, -0.1) is 0 Å². The molecule has 0 radical (unpaired) electrons. The molecular weight excluding hydrogens is 312 g/mol. The molecule has 0 saturated carbocycles. The van der Waals surface area contributed by atoms with Crippen LogP contribution in [-0.2, 0) is 14.2 Å². The van der Waals surface area contributed by atoms with Gasteiger partial charge in [-0.05, 0) is 26.7 Å². The van der Waals surface area contributed by atoms with Gasteiger partial charge in [0.2, 0.25) is 0 Å². The van der Waals surface area contributed by atoms with Crippen molar-refractivity contribution in [1.29, 1.82) is 0 Å². The normalized spacial score (nSPS) is 22.6. The van der Waals surface area contributed by atoms with E-state index in [4.69, 9.17) is 14.2 Å². The highest BCUT2D eigenvalue weighted by Crippen LogP contribution is 2.35. The molecule has 0 aromatic rings. The van der Waals surface area contributed by atoms with Crippen LogP contribution in [0.3, 0.4) is 0 Å². The second kappa shape index (κ2) is 13.1. The number of hydrogen-bond acceptors (Lipinski definition) is 3. The maximum atomic E-state index is 6.28. The summed E-state index contributed by atoms with van der Waals surface area (Å²) in [7, 11) is 0. The lowest BCUT2D eigenvalue weighted by atomic mass is 9.97. The molecular formula is C22H44O3. The molecule has 0 bridgehead atoms. The zero-order valence-electron chi connectivity index (χ0n) is 17.5. The molecule has 25 heavy (non-hydrogen) atoms. The van der Waals surface area contributed by atoms with E-state index >= 15 is 0 Å². The number of rotatable bonds is 16. The maximum absolute atomic E-state index is 6.28. The molecule has 150 valence electrons. The maximum Gasteiger partial charge on any atom is 0.163 e. The zero-order valence-corrected chi connectivity index (χ0v) is 17.5. The summed E-state index contributed by atoms with van der Waals surface area (Å²) in [6.45, 7) is 10.8. The number of ether oxygens (including phenoxy) is 3. The molecule has 1 fully saturated rings. The molecule has 1 saturated heterocycles. The van der Waals surface area contributed by atoms with Gasteiger partial charge in [0.05, 0.1) is 13.2 Å². The van der Waals surface area contributed by atoms with Crippen LogP contribution in [0.5, 0.6) is 0 Å². The largest absolute Gasteiger partial charge is 0.378 e. The van der Waals surface area contributed by atoms with Crippen molar-refractivity contribution < 1.29 is 14.2 Å². The van der Waals surface area contributed by atoms with Crippen LogP contribution in [0.4, 0.5) is 0 Å². The Labute approximate surface area is 157 Å². The van der Waals surface area contributed by atoms with Gasteiger partial charge in [-0.3, -0.25) is 0 Å². The summed E-state index contributed by atoms with van der Waals surface area (Å²) in [6.07, 6.45) is 16.8. The number of hydrogen-bond donors (Lipinski definition) is 0. The van der Waals surface area contributed by atoms with Gasteiger partial charge in [0.25, 0.3) is 0 Å². The molecule has 1 heterocycles. The van der Waals surface area contributed by atoms with Crippen molar-refractivity contribution in [3.8, 4) is 0 Å². The van der Waals surface area contributed by atoms with Crippen molar-refractivity contribution in [1.82, 2.24) is 0 Å². The van der Waals surface area contributed by atoms with E-state index < -0.39 is 5.79 Å². The van der Waals surface area contributed by atoms with Crippen molar-refractivity contribution in [3.05, 3.63) is 0 Å². The van der Waals surface area contributed by atoms with Crippen molar-refractivity contribution in [2.45, 2.75) is 123 Å². The van der Waals surface area contributed by atoms with E-state index in [9.17, 15) is 0 Å². The molecule has 1 rings (SSSR count). The lowest BCUT2D eigenvalue weighted by Crippen LogP contribution is -2.39. The Morgan fingerprint density at radius 2 is 1.32 bits per heavy atom. The summed E-state index contributed by atoms with van der Waals surface area (Å²) >= 11 is 0. The van der Waals surface area contributed by atoms with Crippen molar-refractivity contribution >= 4 is 0 Å². The fraction of sp³-hybridized carbons (Fsp3) is 1.00. The first-order chi connectivity index (χ1) is 12.0. The lowest BCUT2D eigenvalue weighted by Gasteiger charge is -2.29. The fourth-order valence-electron chi connectivity index (χ4n) is 3.62. The van der Waals surface area contributed by atoms with Crippen LogP contribution in [-0.4, -0.2) is 31.2 Å². The molecule has 0 aliphatic carbocycles. The fourth-order valence-corrected chi connectivity index (χ4v) is 3.62. The molecule has 3 nitrogen and oxygen atoms in total. The average Bonchev–Trinajstić information content (AvgIpc) is 2.89. The number of unbranched alkanes of at least 4 members (excludes halogenated alkanes) is 10. The third kappa shape index (κ3) is 10.6. The summed E-state index contributed by atoms with van der Waals surface area (Å²) in [6, 6.07) is 0. The highest BCUT2D eigenvalue weighted by Gasteiger charge is 2.45. The Kier molecular flexibility index (Phi) is 12.0. The van der Waals surface area contributed by atoms with Crippen LogP contribution in [0, 0.1) is 0 Å². The van der Waals surface area contributed by atoms with E-state index in [1.54, 1.807) is 0 Å². The van der Waals surface area contributed by atoms with Gasteiger partial charge < -0.3 is 14.2 Å². The zero-order chi connectivity index (χ0) is 18.4. The molecule has 1 aliphatic rings. The molecule has 0 N–H and O–H groups in total. The first kappa shape index (κ1) is 22.9. The van der Waals surface area contributed by atoms with E-state index in [0.29, 0.717) is 13.2 Å². The van der Waals surface area contributed by atoms with Crippen LogP contribution in [0.1, 0.15) is 111 Å². The first-order valence-corrected chi connectivity index (χ1v) is 11.0. The molecule has 1 unspecified atom stereocenters. The van der Waals surface area contributed by atoms with Gasteiger partial charge in [0, 0.05) is 6.61 Å². The van der Waals surface area contributed by atoms with E-state index in [2.05, 4.69) is 13.8 Å². The van der Waals surface area contributed by atoms with Crippen LogP contribution >= 0.6 is 0 Å². The molecule has 0 aromatic carbocycles. The predicted molar refractivity (Wildman–Crippen MR) is 106 cm³/mol. The first-order valence-electron chi connectivity index (χ1n) is 11.0. The summed E-state index contributed by atoms with van der Waals surface area (Å²) < 4.78 is 18.2. The predicted octanol–water partition coefficient (Wildman–Crippen LogP) is 6.64. The van der Waals surface area contributed by atoms with Gasteiger partial charge in [-0.1, -0.05) is 84.5 Å². The summed E-state index contributed by atoms with van der Waals surface area (Å²) in [4.78, 5) is 0. The highest BCUT2D eigenvalue weighted by molar-refractivity contribution is 4.88. The molecule has 1 aliphatic heterocycles. The van der Waals surface area contributed by atoms with Gasteiger partial charge in [-0.25, -0.2) is 0 Å². The monoisotopic (exact) mass is 356 g/mol. The van der Waals surface area contributed by atoms with Crippen molar-refractivity contribution in [2.24, 2.45) is 0 Å². The van der Waals surface area contributed by atoms with Crippen LogP contribution in [0.25, 0.3) is 0 Å². The smallest absolute Gasteiger partial charge is 0.163 e. The molecule has 0 spiro atoms. The summed E-state index contributed by atoms with van der Waals surface area (Å²) in [5, 5.41) is 0. The van der Waals surface area contributed by atoms with Crippen LogP contribution < -0.4 is 0 Å². The topological polar surface area (TPSA) is 27.7 Å². The second-order valence-electron chi connectivity index (χ2n) is 8.31. The quantitative estimate of drug-likeness (QED) is 0.290. The Hall–Kier alpha value is -0.120. The van der Waals surface area contributed by atoms with Crippen molar-refractivity contribution in [3.63, 3.8) is 0 Å². The SMILES string of the molecule is CCCCCCCCOCC1(CCCCCCCC)COC(C)(C)O1. The molecule has 1 atom stereocenters. The Morgan fingerprint density at radius 1 is 0.760 bits per heavy atom. The molecule has 3 heteroatoms. The van der Waals surface area contributed by atoms with E-state index in [1.807, 2.05) is 13.8 Å². The Bertz CT molecular complexity index is 316. The van der Waals surface area contributed by atoms with Gasteiger partial charge >= 0.3 is 0 Å². The van der Waals surface area contributed by atoms with E-state index in [1.165, 1.54) is 77.0 Å². The molecule has 0 aromatic heterocycles. The van der Waals surface area contributed by atoms with Crippen LogP contribution in [0.15, 0.2) is 0 Å². The Morgan fingerprint density at radius 3 is 1.88 bits per heavy atom. The van der Waals surface area contributed by atoms with Crippen molar-refractivity contribution in [2.75, 3.05) is 19.8 Å². The minimum atomic E-state index is -0.467. The van der Waals surface area contributed by atoms with Gasteiger partial charge in [-0.2, -0.15) is 0 Å². The lowest BCUT2D eigenvalue weighted by molar-refractivity contribution is -0.175. The highest BCUT2D eigenvalue weighted by atomic mass is 16.8. The van der Waals surface area contributed by atoms with Gasteiger partial charge in [0.1, 0.15) is 5.60 Å². The van der Waals surface area contributed by atoms with E-state index in [0.717, 1.165) is 13.0 Å². The standard InChI is InChI=1S/C22H44O3/c1-5-7-9-11-13-15-17-22(20-24-21(3,4)25-22)19-23-18-16-14-12-10-8-6-2/h5-20H2,1-4H3.